The number of aliphatic hydroxyl groups is 1. The Labute approximate surface area is 107 Å². The van der Waals surface area contributed by atoms with Crippen molar-refractivity contribution in [3.63, 3.8) is 0 Å². The van der Waals surface area contributed by atoms with Crippen LogP contribution in [-0.4, -0.2) is 35.4 Å². The van der Waals surface area contributed by atoms with Gasteiger partial charge in [0.2, 0.25) is 0 Å². The fourth-order valence-corrected chi connectivity index (χ4v) is 1.60. The minimum atomic E-state index is -0.993. The molecule has 0 saturated carbocycles. The molecular formula is C13H20N2O3. The van der Waals surface area contributed by atoms with E-state index in [1.165, 1.54) is 12.1 Å². The third kappa shape index (κ3) is 3.92. The topological polar surface area (TPSA) is 86.8 Å². The van der Waals surface area contributed by atoms with E-state index in [-0.39, 0.29) is 5.56 Å². The van der Waals surface area contributed by atoms with Gasteiger partial charge in [0.05, 0.1) is 22.5 Å². The number of hydrogen-bond donors (Lipinski definition) is 3. The number of hydrogen-bond acceptors (Lipinski definition) is 4. The van der Waals surface area contributed by atoms with Gasteiger partial charge in [0.15, 0.2) is 0 Å². The Morgan fingerprint density at radius 3 is 2.50 bits per heavy atom. The highest BCUT2D eigenvalue weighted by Crippen LogP contribution is 2.24. The third-order valence-corrected chi connectivity index (χ3v) is 2.74. The van der Waals surface area contributed by atoms with Crippen molar-refractivity contribution in [1.29, 1.82) is 0 Å². The smallest absolute Gasteiger partial charge is 0.335 e. The normalized spacial score (nSPS) is 11.3. The lowest BCUT2D eigenvalue weighted by Crippen LogP contribution is -2.28. The lowest BCUT2D eigenvalue weighted by atomic mass is 10.1. The van der Waals surface area contributed by atoms with Crippen LogP contribution in [-0.2, 0) is 0 Å². The van der Waals surface area contributed by atoms with Crippen LogP contribution in [0.5, 0.6) is 0 Å². The molecule has 0 spiro atoms. The van der Waals surface area contributed by atoms with Gasteiger partial charge in [-0.3, -0.25) is 0 Å². The first-order valence-corrected chi connectivity index (χ1v) is 5.77. The highest BCUT2D eigenvalue weighted by atomic mass is 16.4. The Kier molecular flexibility index (Phi) is 4.19. The molecule has 4 N–H and O–H groups in total. The summed E-state index contributed by atoms with van der Waals surface area (Å²) in [6, 6.07) is 4.65. The first-order chi connectivity index (χ1) is 8.20. The summed E-state index contributed by atoms with van der Waals surface area (Å²) in [5.74, 6) is -0.993. The Morgan fingerprint density at radius 2 is 2.06 bits per heavy atom. The summed E-state index contributed by atoms with van der Waals surface area (Å²) in [6.45, 7) is 4.13. The van der Waals surface area contributed by atoms with E-state index in [4.69, 9.17) is 10.8 Å². The number of benzene rings is 1. The molecule has 0 aliphatic rings. The summed E-state index contributed by atoms with van der Waals surface area (Å²) >= 11 is 0. The minimum Gasteiger partial charge on any atom is -0.478 e. The van der Waals surface area contributed by atoms with Gasteiger partial charge in [-0.05, 0) is 38.5 Å². The lowest BCUT2D eigenvalue weighted by Gasteiger charge is -2.25. The predicted octanol–water partition coefficient (Wildman–Crippen LogP) is 1.56. The third-order valence-electron chi connectivity index (χ3n) is 2.74. The van der Waals surface area contributed by atoms with Crippen LogP contribution in [0.4, 0.5) is 11.4 Å². The van der Waals surface area contributed by atoms with Gasteiger partial charge in [-0.1, -0.05) is 0 Å². The largest absolute Gasteiger partial charge is 0.478 e. The quantitative estimate of drug-likeness (QED) is 0.692. The molecule has 1 aromatic carbocycles. The van der Waals surface area contributed by atoms with Crippen molar-refractivity contribution in [3.05, 3.63) is 23.8 Å². The van der Waals surface area contributed by atoms with Crippen molar-refractivity contribution >= 4 is 17.3 Å². The zero-order valence-electron chi connectivity index (χ0n) is 11.0. The fourth-order valence-electron chi connectivity index (χ4n) is 1.60. The molecule has 0 fully saturated rings. The molecule has 0 aromatic heterocycles. The molecule has 1 rings (SSSR count). The average Bonchev–Trinajstić information content (AvgIpc) is 2.24. The van der Waals surface area contributed by atoms with E-state index < -0.39 is 11.6 Å². The van der Waals surface area contributed by atoms with Gasteiger partial charge in [-0.15, -0.1) is 0 Å². The average molecular weight is 252 g/mol. The fraction of sp³-hybridized carbons (Fsp3) is 0.462. The maximum atomic E-state index is 10.8. The van der Waals surface area contributed by atoms with E-state index in [1.807, 2.05) is 11.9 Å². The zero-order chi connectivity index (χ0) is 13.9. The molecule has 1 aromatic rings. The van der Waals surface area contributed by atoms with E-state index in [1.54, 1.807) is 19.9 Å². The molecule has 0 heterocycles. The Balaban J connectivity index is 2.80. The van der Waals surface area contributed by atoms with E-state index >= 15 is 0 Å². The molecule has 5 heteroatoms. The molecule has 5 nitrogen and oxygen atoms in total. The molecule has 0 aliphatic carbocycles. The number of aromatic carboxylic acids is 1. The molecule has 100 valence electrons. The molecule has 18 heavy (non-hydrogen) atoms. The molecule has 0 bridgehead atoms. The maximum Gasteiger partial charge on any atom is 0.335 e. The van der Waals surface area contributed by atoms with Crippen molar-refractivity contribution in [1.82, 2.24) is 0 Å². The van der Waals surface area contributed by atoms with Crippen LogP contribution in [0.25, 0.3) is 0 Å². The number of rotatable bonds is 5. The summed E-state index contributed by atoms with van der Waals surface area (Å²) in [5.41, 5.74) is 6.47. The van der Waals surface area contributed by atoms with Crippen LogP contribution in [0.2, 0.25) is 0 Å². The van der Waals surface area contributed by atoms with Gasteiger partial charge in [0.1, 0.15) is 0 Å². The minimum absolute atomic E-state index is 0.173. The zero-order valence-corrected chi connectivity index (χ0v) is 11.0. The number of carboxylic acid groups (broad SMARTS) is 1. The number of nitrogens with two attached hydrogens (primary N) is 1. The van der Waals surface area contributed by atoms with Crippen LogP contribution in [0.1, 0.15) is 30.6 Å². The maximum absolute atomic E-state index is 10.8. The molecule has 0 aliphatic heterocycles. The standard InChI is InChI=1S/C13H20N2O3/c1-13(2,18)6-7-15(3)11-5-4-9(12(16)17)8-10(11)14/h4-5,8,18H,6-7,14H2,1-3H3,(H,16,17). The van der Waals surface area contributed by atoms with Gasteiger partial charge < -0.3 is 20.8 Å². The second kappa shape index (κ2) is 5.27. The number of anilines is 2. The molecule has 0 saturated heterocycles. The highest BCUT2D eigenvalue weighted by molar-refractivity contribution is 5.90. The highest BCUT2D eigenvalue weighted by Gasteiger charge is 2.15. The second-order valence-electron chi connectivity index (χ2n) is 5.06. The van der Waals surface area contributed by atoms with Crippen molar-refractivity contribution in [3.8, 4) is 0 Å². The molecule has 0 unspecified atom stereocenters. The van der Waals surface area contributed by atoms with Crippen molar-refractivity contribution in [2.75, 3.05) is 24.2 Å². The second-order valence-corrected chi connectivity index (χ2v) is 5.06. The van der Waals surface area contributed by atoms with Gasteiger partial charge in [0, 0.05) is 13.6 Å². The van der Waals surface area contributed by atoms with Crippen molar-refractivity contribution in [2.24, 2.45) is 0 Å². The lowest BCUT2D eigenvalue weighted by molar-refractivity contribution is 0.0695. The van der Waals surface area contributed by atoms with Crippen molar-refractivity contribution < 1.29 is 15.0 Å². The van der Waals surface area contributed by atoms with Crippen molar-refractivity contribution in [2.45, 2.75) is 25.9 Å². The van der Waals surface area contributed by atoms with E-state index in [0.29, 0.717) is 18.7 Å². The monoisotopic (exact) mass is 252 g/mol. The Bertz CT molecular complexity index is 438. The van der Waals surface area contributed by atoms with Gasteiger partial charge >= 0.3 is 5.97 Å². The van der Waals surface area contributed by atoms with E-state index in [2.05, 4.69) is 0 Å². The van der Waals surface area contributed by atoms with E-state index in [0.717, 1.165) is 5.69 Å². The van der Waals surface area contributed by atoms with Crippen LogP contribution in [0, 0.1) is 0 Å². The Morgan fingerprint density at radius 1 is 1.44 bits per heavy atom. The molecule has 0 amide bonds. The van der Waals surface area contributed by atoms with Crippen LogP contribution >= 0.6 is 0 Å². The van der Waals surface area contributed by atoms with Gasteiger partial charge in [-0.2, -0.15) is 0 Å². The van der Waals surface area contributed by atoms with Crippen LogP contribution in [0.3, 0.4) is 0 Å². The summed E-state index contributed by atoms with van der Waals surface area (Å²) in [4.78, 5) is 12.7. The van der Waals surface area contributed by atoms with Crippen LogP contribution in [0.15, 0.2) is 18.2 Å². The molecule has 0 atom stereocenters. The summed E-state index contributed by atoms with van der Waals surface area (Å²) < 4.78 is 0. The van der Waals surface area contributed by atoms with Gasteiger partial charge in [0.25, 0.3) is 0 Å². The first kappa shape index (κ1) is 14.3. The number of nitrogen functional groups attached to an aromatic ring is 1. The summed E-state index contributed by atoms with van der Waals surface area (Å²) in [6.07, 6.45) is 0.601. The SMILES string of the molecule is CN(CCC(C)(C)O)c1ccc(C(=O)O)cc1N. The number of nitrogens with zero attached hydrogens (tertiary/aromatic N) is 1. The predicted molar refractivity (Wildman–Crippen MR) is 72.0 cm³/mol. The summed E-state index contributed by atoms with van der Waals surface area (Å²) in [7, 11) is 1.86. The van der Waals surface area contributed by atoms with E-state index in [9.17, 15) is 9.90 Å². The molecule has 0 radical (unpaired) electrons. The first-order valence-electron chi connectivity index (χ1n) is 5.77. The van der Waals surface area contributed by atoms with Gasteiger partial charge in [-0.25, -0.2) is 4.79 Å². The summed E-state index contributed by atoms with van der Waals surface area (Å²) in [5, 5.41) is 18.5. The number of carbonyl (C=O) groups is 1. The molecular weight excluding hydrogens is 232 g/mol. The Hall–Kier alpha value is -1.75. The van der Waals surface area contributed by atoms with Crippen LogP contribution < -0.4 is 10.6 Å². The number of carboxylic acids is 1.